The van der Waals surface area contributed by atoms with Crippen molar-refractivity contribution in [1.29, 1.82) is 0 Å². The van der Waals surface area contributed by atoms with Crippen LogP contribution in [0, 0.1) is 0 Å². The van der Waals surface area contributed by atoms with Gasteiger partial charge in [0, 0.05) is 27.2 Å². The Morgan fingerprint density at radius 2 is 1.60 bits per heavy atom. The fourth-order valence-corrected chi connectivity index (χ4v) is 0.726. The molecule has 0 heterocycles. The van der Waals surface area contributed by atoms with Gasteiger partial charge >= 0.3 is 0 Å². The molecule has 0 rings (SSSR count). The SMILES string of the molecule is COC(C)(NC(C)C)OC. The van der Waals surface area contributed by atoms with Crippen molar-refractivity contribution >= 4 is 0 Å². The van der Waals surface area contributed by atoms with Crippen LogP contribution in [-0.4, -0.2) is 26.2 Å². The van der Waals surface area contributed by atoms with Gasteiger partial charge in [0.2, 0.25) is 5.91 Å². The Morgan fingerprint density at radius 1 is 1.20 bits per heavy atom. The maximum absolute atomic E-state index is 5.06. The molecule has 0 aliphatic rings. The molecule has 0 saturated heterocycles. The standard InChI is InChI=1S/C7H17NO2/c1-6(2)8-7(3,9-4)10-5/h6,8H,1-5H3. The molecule has 3 nitrogen and oxygen atoms in total. The molecule has 0 atom stereocenters. The third-order valence-electron chi connectivity index (χ3n) is 1.33. The maximum atomic E-state index is 5.06. The number of rotatable bonds is 4. The second-order valence-corrected chi connectivity index (χ2v) is 2.65. The zero-order chi connectivity index (χ0) is 8.20. The van der Waals surface area contributed by atoms with E-state index in [1.165, 1.54) is 0 Å². The van der Waals surface area contributed by atoms with Crippen molar-refractivity contribution in [3.63, 3.8) is 0 Å². The van der Waals surface area contributed by atoms with E-state index in [1.807, 2.05) is 20.8 Å². The van der Waals surface area contributed by atoms with Crippen LogP contribution in [0.1, 0.15) is 20.8 Å². The van der Waals surface area contributed by atoms with Gasteiger partial charge in [-0.1, -0.05) is 0 Å². The van der Waals surface area contributed by atoms with E-state index in [2.05, 4.69) is 5.32 Å². The molecule has 0 aromatic carbocycles. The third kappa shape index (κ3) is 3.15. The van der Waals surface area contributed by atoms with Gasteiger partial charge in [-0.15, -0.1) is 0 Å². The van der Waals surface area contributed by atoms with Crippen LogP contribution < -0.4 is 5.32 Å². The number of ether oxygens (including phenoxy) is 2. The average molecular weight is 147 g/mol. The van der Waals surface area contributed by atoms with E-state index in [4.69, 9.17) is 9.47 Å². The van der Waals surface area contributed by atoms with Crippen LogP contribution in [0.25, 0.3) is 0 Å². The number of nitrogens with one attached hydrogen (secondary N) is 1. The second kappa shape index (κ2) is 3.91. The first-order chi connectivity index (χ1) is 4.54. The summed E-state index contributed by atoms with van der Waals surface area (Å²) in [6.45, 7) is 5.92. The number of hydrogen-bond donors (Lipinski definition) is 1. The van der Waals surface area contributed by atoms with Crippen LogP contribution in [0.2, 0.25) is 0 Å². The molecule has 0 aromatic heterocycles. The summed E-state index contributed by atoms with van der Waals surface area (Å²) in [5.74, 6) is -0.645. The van der Waals surface area contributed by atoms with Gasteiger partial charge in [-0.2, -0.15) is 0 Å². The van der Waals surface area contributed by atoms with E-state index in [9.17, 15) is 0 Å². The molecule has 10 heavy (non-hydrogen) atoms. The third-order valence-corrected chi connectivity index (χ3v) is 1.33. The molecule has 0 unspecified atom stereocenters. The Balaban J connectivity index is 3.80. The predicted molar refractivity (Wildman–Crippen MR) is 40.7 cm³/mol. The quantitative estimate of drug-likeness (QED) is 0.600. The molecular formula is C7H17NO2. The molecule has 1 N–H and O–H groups in total. The van der Waals surface area contributed by atoms with Gasteiger partial charge in [0.05, 0.1) is 0 Å². The van der Waals surface area contributed by atoms with Gasteiger partial charge in [0.1, 0.15) is 0 Å². The van der Waals surface area contributed by atoms with Crippen molar-refractivity contribution in [3.05, 3.63) is 0 Å². The highest BCUT2D eigenvalue weighted by Crippen LogP contribution is 2.05. The lowest BCUT2D eigenvalue weighted by molar-refractivity contribution is -0.218. The van der Waals surface area contributed by atoms with Crippen molar-refractivity contribution in [1.82, 2.24) is 5.32 Å². The van der Waals surface area contributed by atoms with E-state index >= 15 is 0 Å². The molecule has 0 bridgehead atoms. The van der Waals surface area contributed by atoms with Crippen LogP contribution in [0.4, 0.5) is 0 Å². The number of methoxy groups -OCH3 is 2. The van der Waals surface area contributed by atoms with Gasteiger partial charge in [0.15, 0.2) is 0 Å². The average Bonchev–Trinajstić information content (AvgIpc) is 1.87. The van der Waals surface area contributed by atoms with E-state index < -0.39 is 5.91 Å². The van der Waals surface area contributed by atoms with Gasteiger partial charge < -0.3 is 9.47 Å². The van der Waals surface area contributed by atoms with Crippen molar-refractivity contribution in [2.24, 2.45) is 0 Å². The Labute approximate surface area is 62.7 Å². The lowest BCUT2D eigenvalue weighted by Crippen LogP contribution is -2.49. The summed E-state index contributed by atoms with van der Waals surface area (Å²) in [4.78, 5) is 0. The second-order valence-electron chi connectivity index (χ2n) is 2.65. The number of hydrogen-bond acceptors (Lipinski definition) is 3. The molecular weight excluding hydrogens is 130 g/mol. The summed E-state index contributed by atoms with van der Waals surface area (Å²) in [6.07, 6.45) is 0. The summed E-state index contributed by atoms with van der Waals surface area (Å²) in [6, 6.07) is 0.352. The van der Waals surface area contributed by atoms with Crippen LogP contribution in [-0.2, 0) is 9.47 Å². The van der Waals surface area contributed by atoms with E-state index in [0.717, 1.165) is 0 Å². The smallest absolute Gasteiger partial charge is 0.224 e. The summed E-state index contributed by atoms with van der Waals surface area (Å²) in [5.41, 5.74) is 0. The van der Waals surface area contributed by atoms with Crippen LogP contribution in [0.3, 0.4) is 0 Å². The maximum Gasteiger partial charge on any atom is 0.224 e. The first-order valence-electron chi connectivity index (χ1n) is 3.42. The Bertz CT molecular complexity index is 89.6. The predicted octanol–water partition coefficient (Wildman–Crippen LogP) is 0.951. The Kier molecular flexibility index (Phi) is 3.86. The topological polar surface area (TPSA) is 30.5 Å². The molecule has 0 aromatic rings. The van der Waals surface area contributed by atoms with Gasteiger partial charge in [0.25, 0.3) is 0 Å². The van der Waals surface area contributed by atoms with Gasteiger partial charge in [-0.25, -0.2) is 0 Å². The molecule has 0 aliphatic heterocycles. The van der Waals surface area contributed by atoms with Crippen LogP contribution in [0.15, 0.2) is 0 Å². The molecule has 0 radical (unpaired) electrons. The zero-order valence-electron chi connectivity index (χ0n) is 7.39. The molecule has 0 fully saturated rings. The first-order valence-corrected chi connectivity index (χ1v) is 3.42. The first kappa shape index (κ1) is 9.88. The summed E-state index contributed by atoms with van der Waals surface area (Å²) >= 11 is 0. The van der Waals surface area contributed by atoms with Crippen LogP contribution in [0.5, 0.6) is 0 Å². The molecule has 0 aliphatic carbocycles. The van der Waals surface area contributed by atoms with Crippen LogP contribution >= 0.6 is 0 Å². The van der Waals surface area contributed by atoms with E-state index in [-0.39, 0.29) is 0 Å². The van der Waals surface area contributed by atoms with Crippen molar-refractivity contribution in [2.75, 3.05) is 14.2 Å². The lowest BCUT2D eigenvalue weighted by Gasteiger charge is -2.29. The summed E-state index contributed by atoms with van der Waals surface area (Å²) in [7, 11) is 3.22. The minimum Gasteiger partial charge on any atom is -0.341 e. The van der Waals surface area contributed by atoms with Gasteiger partial charge in [-0.05, 0) is 13.8 Å². The molecule has 0 saturated carbocycles. The normalized spacial score (nSPS) is 12.6. The molecule has 3 heteroatoms. The molecule has 0 spiro atoms. The summed E-state index contributed by atoms with van der Waals surface area (Å²) in [5, 5.41) is 3.11. The largest absolute Gasteiger partial charge is 0.341 e. The highest BCUT2D eigenvalue weighted by atomic mass is 16.7. The fraction of sp³-hybridized carbons (Fsp3) is 1.00. The lowest BCUT2D eigenvalue weighted by atomic mass is 10.3. The van der Waals surface area contributed by atoms with Crippen molar-refractivity contribution in [2.45, 2.75) is 32.7 Å². The Morgan fingerprint density at radius 3 is 1.70 bits per heavy atom. The zero-order valence-corrected chi connectivity index (χ0v) is 7.39. The van der Waals surface area contributed by atoms with Crippen molar-refractivity contribution in [3.8, 4) is 0 Å². The minimum absolute atomic E-state index is 0.352. The highest BCUT2D eigenvalue weighted by Gasteiger charge is 2.22. The van der Waals surface area contributed by atoms with Crippen molar-refractivity contribution < 1.29 is 9.47 Å². The minimum atomic E-state index is -0.645. The monoisotopic (exact) mass is 147 g/mol. The molecule has 62 valence electrons. The van der Waals surface area contributed by atoms with E-state index in [1.54, 1.807) is 14.2 Å². The van der Waals surface area contributed by atoms with Gasteiger partial charge in [-0.3, -0.25) is 5.32 Å². The van der Waals surface area contributed by atoms with E-state index in [0.29, 0.717) is 6.04 Å². The fourth-order valence-electron chi connectivity index (χ4n) is 0.726. The molecule has 0 amide bonds. The summed E-state index contributed by atoms with van der Waals surface area (Å²) < 4.78 is 10.1. The Hall–Kier alpha value is -0.120. The highest BCUT2D eigenvalue weighted by molar-refractivity contribution is 4.61.